The second kappa shape index (κ2) is 5.07. The van der Waals surface area contributed by atoms with Crippen molar-refractivity contribution in [2.75, 3.05) is 0 Å². The number of allylic oxidation sites excluding steroid dienone is 6. The fourth-order valence-electron chi connectivity index (χ4n) is 1.78. The third-order valence-corrected chi connectivity index (χ3v) is 5.35. The Labute approximate surface area is 120 Å². The van der Waals surface area contributed by atoms with Gasteiger partial charge in [-0.15, -0.1) is 0 Å². The van der Waals surface area contributed by atoms with Crippen molar-refractivity contribution in [1.82, 2.24) is 0 Å². The summed E-state index contributed by atoms with van der Waals surface area (Å²) in [5.41, 5.74) is 0. The number of ketones is 2. The lowest BCUT2D eigenvalue weighted by Gasteiger charge is -2.20. The summed E-state index contributed by atoms with van der Waals surface area (Å²) >= 11 is 11.2. The molecule has 7 heteroatoms. The second-order valence-corrected chi connectivity index (χ2v) is 7.08. The summed E-state index contributed by atoms with van der Waals surface area (Å²) in [6.07, 6.45) is 7.07. The first kappa shape index (κ1) is 14.2. The van der Waals surface area contributed by atoms with E-state index in [0.29, 0.717) is 0 Å². The number of sulfone groups is 1. The molecule has 2 atom stereocenters. The van der Waals surface area contributed by atoms with Gasteiger partial charge in [0.1, 0.15) is 10.5 Å². The summed E-state index contributed by atoms with van der Waals surface area (Å²) in [5.74, 6) is -1.32. The van der Waals surface area contributed by atoms with Gasteiger partial charge >= 0.3 is 0 Å². The molecule has 0 saturated carbocycles. The molecular formula is C12H8Cl2O4S. The van der Waals surface area contributed by atoms with Crippen molar-refractivity contribution in [2.24, 2.45) is 0 Å². The highest BCUT2D eigenvalue weighted by molar-refractivity contribution is 7.94. The Balaban J connectivity index is 2.36. The largest absolute Gasteiger partial charge is 0.293 e. The number of carbonyl (C=O) groups is 2. The van der Waals surface area contributed by atoms with Crippen LogP contribution in [0, 0.1) is 0 Å². The van der Waals surface area contributed by atoms with E-state index >= 15 is 0 Å². The van der Waals surface area contributed by atoms with Crippen LogP contribution in [0.25, 0.3) is 0 Å². The Kier molecular flexibility index (Phi) is 3.80. The molecule has 0 amide bonds. The number of halogens is 2. The number of rotatable bonds is 2. The maximum absolute atomic E-state index is 12.3. The highest BCUT2D eigenvalue weighted by Gasteiger charge is 2.40. The summed E-state index contributed by atoms with van der Waals surface area (Å²) in [7, 11) is -4.01. The Hall–Kier alpha value is -1.17. The lowest BCUT2D eigenvalue weighted by atomic mass is 10.1. The first-order valence-corrected chi connectivity index (χ1v) is 7.60. The number of carbonyl (C=O) groups excluding carboxylic acids is 2. The summed E-state index contributed by atoms with van der Waals surface area (Å²) in [6, 6.07) is 0. The monoisotopic (exact) mass is 318 g/mol. The zero-order valence-corrected chi connectivity index (χ0v) is 11.7. The van der Waals surface area contributed by atoms with Crippen LogP contribution in [0.4, 0.5) is 0 Å². The molecule has 0 aromatic carbocycles. The van der Waals surface area contributed by atoms with Crippen molar-refractivity contribution in [3.05, 3.63) is 46.5 Å². The highest BCUT2D eigenvalue weighted by Crippen LogP contribution is 2.24. The van der Waals surface area contributed by atoms with Gasteiger partial charge < -0.3 is 0 Å². The highest BCUT2D eigenvalue weighted by atomic mass is 35.5. The predicted octanol–water partition coefficient (Wildman–Crippen LogP) is 1.66. The van der Waals surface area contributed by atoms with Crippen molar-refractivity contribution in [2.45, 2.75) is 10.5 Å². The zero-order chi connectivity index (χ0) is 14.2. The van der Waals surface area contributed by atoms with Crippen LogP contribution in [0.2, 0.25) is 0 Å². The second-order valence-electron chi connectivity index (χ2n) is 4.01. The average Bonchev–Trinajstić information content (AvgIpc) is 2.27. The van der Waals surface area contributed by atoms with E-state index in [1.165, 1.54) is 24.3 Å². The van der Waals surface area contributed by atoms with E-state index in [0.717, 1.165) is 12.2 Å². The molecule has 4 nitrogen and oxygen atoms in total. The molecule has 100 valence electrons. The maximum atomic E-state index is 12.3. The number of hydrogen-bond acceptors (Lipinski definition) is 4. The van der Waals surface area contributed by atoms with E-state index in [-0.39, 0.29) is 10.1 Å². The average molecular weight is 319 g/mol. The van der Waals surface area contributed by atoms with Gasteiger partial charge in [-0.1, -0.05) is 35.4 Å². The Morgan fingerprint density at radius 2 is 1.21 bits per heavy atom. The van der Waals surface area contributed by atoms with Gasteiger partial charge in [-0.25, -0.2) is 8.42 Å². The van der Waals surface area contributed by atoms with Gasteiger partial charge in [-0.2, -0.15) is 0 Å². The zero-order valence-electron chi connectivity index (χ0n) is 9.42. The van der Waals surface area contributed by atoms with E-state index in [9.17, 15) is 18.0 Å². The molecule has 0 aromatic rings. The molecule has 0 radical (unpaired) electrons. The van der Waals surface area contributed by atoms with Crippen molar-refractivity contribution >= 4 is 44.6 Å². The third-order valence-electron chi connectivity index (χ3n) is 2.69. The standard InChI is InChI=1S/C12H8Cl2O4S/c13-7-1-3-11(9(15)5-7)19(17,18)12-4-2-8(14)6-10(12)16/h1-6,11-12H. The van der Waals surface area contributed by atoms with Crippen LogP contribution in [-0.2, 0) is 19.4 Å². The molecule has 2 aliphatic rings. The lowest BCUT2D eigenvalue weighted by molar-refractivity contribution is -0.113. The Morgan fingerprint density at radius 3 is 1.53 bits per heavy atom. The summed E-state index contributed by atoms with van der Waals surface area (Å²) < 4.78 is 24.6. The molecular weight excluding hydrogens is 311 g/mol. The molecule has 0 saturated heterocycles. The molecule has 2 aliphatic carbocycles. The van der Waals surface area contributed by atoms with Gasteiger partial charge in [0, 0.05) is 22.2 Å². The van der Waals surface area contributed by atoms with Crippen LogP contribution in [0.15, 0.2) is 46.5 Å². The molecule has 0 aliphatic heterocycles. The quantitative estimate of drug-likeness (QED) is 0.776. The molecule has 0 spiro atoms. The minimum Gasteiger partial charge on any atom is -0.293 e. The van der Waals surface area contributed by atoms with Gasteiger partial charge in [0.25, 0.3) is 0 Å². The topological polar surface area (TPSA) is 68.3 Å². The molecule has 2 unspecified atom stereocenters. The first-order chi connectivity index (χ1) is 8.82. The van der Waals surface area contributed by atoms with Gasteiger partial charge in [0.05, 0.1) is 0 Å². The number of hydrogen-bond donors (Lipinski definition) is 0. The van der Waals surface area contributed by atoms with Crippen molar-refractivity contribution in [1.29, 1.82) is 0 Å². The Bertz CT molecular complexity index is 616. The van der Waals surface area contributed by atoms with E-state index in [1.807, 2.05) is 0 Å². The fourth-order valence-corrected chi connectivity index (χ4v) is 3.84. The van der Waals surface area contributed by atoms with Crippen molar-refractivity contribution in [3.63, 3.8) is 0 Å². The molecule has 0 heterocycles. The van der Waals surface area contributed by atoms with E-state index in [2.05, 4.69) is 0 Å². The predicted molar refractivity (Wildman–Crippen MR) is 72.7 cm³/mol. The molecule has 19 heavy (non-hydrogen) atoms. The molecule has 0 N–H and O–H groups in total. The van der Waals surface area contributed by atoms with Crippen LogP contribution >= 0.6 is 23.2 Å². The van der Waals surface area contributed by atoms with Gasteiger partial charge in [0.2, 0.25) is 0 Å². The third kappa shape index (κ3) is 2.73. The summed E-state index contributed by atoms with van der Waals surface area (Å²) in [4.78, 5) is 23.4. The molecule has 2 rings (SSSR count). The molecule has 0 fully saturated rings. The van der Waals surface area contributed by atoms with Crippen molar-refractivity contribution in [3.8, 4) is 0 Å². The Morgan fingerprint density at radius 1 is 0.842 bits per heavy atom. The van der Waals surface area contributed by atoms with Gasteiger partial charge in [-0.05, 0) is 12.2 Å². The van der Waals surface area contributed by atoms with E-state index in [1.54, 1.807) is 0 Å². The van der Waals surface area contributed by atoms with Crippen LogP contribution < -0.4 is 0 Å². The summed E-state index contributed by atoms with van der Waals surface area (Å²) in [6.45, 7) is 0. The SMILES string of the molecule is O=C1C=C(Cl)C=CC1S(=O)(=O)C1C=CC(Cl)=CC1=O. The van der Waals surface area contributed by atoms with E-state index < -0.39 is 31.9 Å². The molecule has 0 aromatic heterocycles. The van der Waals surface area contributed by atoms with Crippen molar-refractivity contribution < 1.29 is 18.0 Å². The fraction of sp³-hybridized carbons (Fsp3) is 0.167. The van der Waals surface area contributed by atoms with Crippen LogP contribution in [0.5, 0.6) is 0 Å². The van der Waals surface area contributed by atoms with Gasteiger partial charge in [-0.3, -0.25) is 9.59 Å². The van der Waals surface area contributed by atoms with E-state index in [4.69, 9.17) is 23.2 Å². The minimum absolute atomic E-state index is 0.157. The van der Waals surface area contributed by atoms with Crippen LogP contribution in [0.3, 0.4) is 0 Å². The maximum Gasteiger partial charge on any atom is 0.179 e. The molecule has 0 bridgehead atoms. The van der Waals surface area contributed by atoms with Crippen LogP contribution in [0.1, 0.15) is 0 Å². The lowest BCUT2D eigenvalue weighted by Crippen LogP contribution is -2.40. The van der Waals surface area contributed by atoms with Crippen LogP contribution in [-0.4, -0.2) is 30.5 Å². The van der Waals surface area contributed by atoms with Gasteiger partial charge in [0.15, 0.2) is 21.4 Å². The minimum atomic E-state index is -4.01. The summed E-state index contributed by atoms with van der Waals surface area (Å²) in [5, 5.41) is -2.47. The smallest absolute Gasteiger partial charge is 0.179 e. The first-order valence-electron chi connectivity index (χ1n) is 5.23. The normalized spacial score (nSPS) is 27.3.